The molecule has 1 aliphatic carbocycles. The van der Waals surface area contributed by atoms with Crippen molar-refractivity contribution in [1.82, 2.24) is 14.8 Å². The Balaban J connectivity index is 1.67. The topological polar surface area (TPSA) is 74.6 Å². The summed E-state index contributed by atoms with van der Waals surface area (Å²) in [6, 6.07) is 3.61. The van der Waals surface area contributed by atoms with Crippen LogP contribution in [-0.4, -0.2) is 46.2 Å². The number of nitrogens with one attached hydrogen (secondary N) is 1. The molecule has 6 heteroatoms. The van der Waals surface area contributed by atoms with Crippen LogP contribution < -0.4 is 10.9 Å². The second-order valence-electron chi connectivity index (χ2n) is 8.46. The number of carbonyl (C=O) groups excluding carboxylic acids is 1. The molecule has 1 saturated heterocycles. The van der Waals surface area contributed by atoms with Crippen LogP contribution in [0.5, 0.6) is 0 Å². The average molecular weight is 386 g/mol. The van der Waals surface area contributed by atoms with Gasteiger partial charge in [-0.1, -0.05) is 19.1 Å². The second kappa shape index (κ2) is 7.84. The van der Waals surface area contributed by atoms with E-state index in [1.165, 1.54) is 12.8 Å². The number of rotatable bonds is 7. The molecule has 3 aliphatic rings. The lowest BCUT2D eigenvalue weighted by atomic mass is 9.88. The normalized spacial score (nSPS) is 29.2. The zero-order valence-electron chi connectivity index (χ0n) is 16.8. The van der Waals surface area contributed by atoms with Gasteiger partial charge in [-0.2, -0.15) is 0 Å². The third kappa shape index (κ3) is 3.22. The molecule has 152 valence electrons. The van der Waals surface area contributed by atoms with E-state index in [0.717, 1.165) is 25.2 Å². The van der Waals surface area contributed by atoms with Gasteiger partial charge < -0.3 is 15.0 Å². The minimum atomic E-state index is -0.322. The highest BCUT2D eigenvalue weighted by Crippen LogP contribution is 2.49. The highest BCUT2D eigenvalue weighted by atomic mass is 16.3. The first-order chi connectivity index (χ1) is 13.6. The lowest BCUT2D eigenvalue weighted by Crippen LogP contribution is -2.49. The van der Waals surface area contributed by atoms with Gasteiger partial charge in [0.25, 0.3) is 5.56 Å². The van der Waals surface area contributed by atoms with Crippen molar-refractivity contribution in [2.45, 2.75) is 51.7 Å². The Labute approximate surface area is 166 Å². The summed E-state index contributed by atoms with van der Waals surface area (Å²) in [6.45, 7) is 6.07. The van der Waals surface area contributed by atoms with Crippen molar-refractivity contribution in [3.63, 3.8) is 0 Å². The smallest absolute Gasteiger partial charge is 0.258 e. The Morgan fingerprint density at radius 1 is 1.36 bits per heavy atom. The van der Waals surface area contributed by atoms with E-state index in [9.17, 15) is 14.7 Å². The number of likely N-dealkylation sites (tertiary alicyclic amines) is 1. The molecule has 1 amide bonds. The van der Waals surface area contributed by atoms with E-state index in [1.54, 1.807) is 0 Å². The first-order valence-corrected chi connectivity index (χ1v) is 10.6. The van der Waals surface area contributed by atoms with Crippen molar-refractivity contribution < 1.29 is 9.90 Å². The molecule has 6 nitrogen and oxygen atoms in total. The number of aliphatic hydroxyl groups excluding tert-OH is 1. The summed E-state index contributed by atoms with van der Waals surface area (Å²) < 4.78 is 1.86. The Bertz CT molecular complexity index is 827. The van der Waals surface area contributed by atoms with E-state index >= 15 is 0 Å². The summed E-state index contributed by atoms with van der Waals surface area (Å²) >= 11 is 0. The zero-order chi connectivity index (χ0) is 19.8. The maximum Gasteiger partial charge on any atom is 0.258 e. The fraction of sp³-hybridized carbons (Fsp3) is 0.636. The third-order valence-corrected chi connectivity index (χ3v) is 6.58. The lowest BCUT2D eigenvalue weighted by molar-refractivity contribution is -0.127. The number of carbonyl (C=O) groups is 1. The highest BCUT2D eigenvalue weighted by molar-refractivity contribution is 5.82. The summed E-state index contributed by atoms with van der Waals surface area (Å²) in [5.41, 5.74) is 1.69. The van der Waals surface area contributed by atoms with E-state index in [-0.39, 0.29) is 42.0 Å². The van der Waals surface area contributed by atoms with E-state index in [4.69, 9.17) is 0 Å². The van der Waals surface area contributed by atoms with Crippen LogP contribution in [0.4, 0.5) is 0 Å². The van der Waals surface area contributed by atoms with Crippen LogP contribution in [0.15, 0.2) is 23.0 Å². The van der Waals surface area contributed by atoms with Crippen molar-refractivity contribution in [3.05, 3.63) is 39.8 Å². The Morgan fingerprint density at radius 2 is 2.14 bits per heavy atom. The van der Waals surface area contributed by atoms with Gasteiger partial charge >= 0.3 is 0 Å². The van der Waals surface area contributed by atoms with E-state index in [2.05, 4.69) is 17.1 Å². The molecule has 2 aliphatic heterocycles. The quantitative estimate of drug-likeness (QED) is 0.750. The summed E-state index contributed by atoms with van der Waals surface area (Å²) in [5.74, 6) is 0.594. The Morgan fingerprint density at radius 3 is 2.79 bits per heavy atom. The molecule has 1 saturated carbocycles. The van der Waals surface area contributed by atoms with Gasteiger partial charge in [0, 0.05) is 42.8 Å². The van der Waals surface area contributed by atoms with Crippen molar-refractivity contribution in [2.75, 3.05) is 19.7 Å². The summed E-state index contributed by atoms with van der Waals surface area (Å²) in [5, 5.41) is 13.3. The summed E-state index contributed by atoms with van der Waals surface area (Å²) in [4.78, 5) is 28.2. The SMILES string of the molecule is C/C=C\c1ccc2n(c1=O)C[C@@H]1[C@@H](CO)[C@H](C(=O)NCC3CC3)N(CCC)[C@H]21. The molecular formula is C22H31N3O3. The number of aromatic nitrogens is 1. The fourth-order valence-electron chi connectivity index (χ4n) is 5.12. The molecule has 3 heterocycles. The molecule has 1 aromatic rings. The van der Waals surface area contributed by atoms with Crippen LogP contribution in [0, 0.1) is 17.8 Å². The summed E-state index contributed by atoms with van der Waals surface area (Å²) in [6.07, 6.45) is 7.03. The van der Waals surface area contributed by atoms with Gasteiger partial charge in [0.1, 0.15) is 0 Å². The van der Waals surface area contributed by atoms with Crippen LogP contribution in [0.25, 0.3) is 6.08 Å². The number of nitrogens with zero attached hydrogens (tertiary/aromatic N) is 2. The van der Waals surface area contributed by atoms with Crippen LogP contribution >= 0.6 is 0 Å². The monoisotopic (exact) mass is 385 g/mol. The van der Waals surface area contributed by atoms with Crippen molar-refractivity contribution >= 4 is 12.0 Å². The maximum atomic E-state index is 13.0. The minimum absolute atomic E-state index is 0.0149. The van der Waals surface area contributed by atoms with Crippen molar-refractivity contribution in [2.24, 2.45) is 17.8 Å². The molecule has 28 heavy (non-hydrogen) atoms. The first-order valence-electron chi connectivity index (χ1n) is 10.6. The molecule has 0 aromatic carbocycles. The zero-order valence-corrected chi connectivity index (χ0v) is 16.8. The molecule has 0 radical (unpaired) electrons. The van der Waals surface area contributed by atoms with Crippen molar-refractivity contribution in [3.8, 4) is 0 Å². The first kappa shape index (κ1) is 19.4. The van der Waals surface area contributed by atoms with Gasteiger partial charge in [-0.3, -0.25) is 14.5 Å². The van der Waals surface area contributed by atoms with Gasteiger partial charge in [0.15, 0.2) is 0 Å². The molecule has 1 aromatic heterocycles. The van der Waals surface area contributed by atoms with Gasteiger partial charge in [-0.05, 0) is 50.8 Å². The predicted molar refractivity (Wildman–Crippen MR) is 109 cm³/mol. The van der Waals surface area contributed by atoms with Gasteiger partial charge in [-0.25, -0.2) is 0 Å². The number of pyridine rings is 1. The number of hydrogen-bond donors (Lipinski definition) is 2. The Kier molecular flexibility index (Phi) is 5.43. The third-order valence-electron chi connectivity index (χ3n) is 6.58. The number of hydrogen-bond acceptors (Lipinski definition) is 4. The van der Waals surface area contributed by atoms with Gasteiger partial charge in [0.05, 0.1) is 12.1 Å². The van der Waals surface area contributed by atoms with Gasteiger partial charge in [0.2, 0.25) is 5.91 Å². The molecule has 4 atom stereocenters. The molecule has 2 fully saturated rings. The minimum Gasteiger partial charge on any atom is -0.396 e. The molecule has 2 N–H and O–H groups in total. The largest absolute Gasteiger partial charge is 0.396 e. The van der Waals surface area contributed by atoms with Crippen LogP contribution in [0.2, 0.25) is 0 Å². The summed E-state index contributed by atoms with van der Waals surface area (Å²) in [7, 11) is 0. The van der Waals surface area contributed by atoms with Crippen LogP contribution in [-0.2, 0) is 11.3 Å². The van der Waals surface area contributed by atoms with E-state index < -0.39 is 0 Å². The molecule has 0 unspecified atom stereocenters. The second-order valence-corrected chi connectivity index (χ2v) is 8.46. The standard InChI is InChI=1S/C22H31N3O3/c1-3-5-15-8-9-18-19-16(12-25(18)22(15)28)17(13-26)20(24(19)10-4-2)21(27)23-11-14-6-7-14/h3,5,8-9,14,16-17,19-20,26H,4,6-7,10-13H2,1-2H3,(H,23,27)/b5-3-/t16-,17-,19+,20-/m1/s1. The van der Waals surface area contributed by atoms with Gasteiger partial charge in [-0.15, -0.1) is 0 Å². The fourth-order valence-corrected chi connectivity index (χ4v) is 5.12. The average Bonchev–Trinajstić information content (AvgIpc) is 3.36. The highest BCUT2D eigenvalue weighted by Gasteiger charge is 2.55. The van der Waals surface area contributed by atoms with E-state index in [0.29, 0.717) is 18.0 Å². The molecule has 4 rings (SSSR count). The van der Waals surface area contributed by atoms with E-state index in [1.807, 2.05) is 35.8 Å². The molecule has 0 bridgehead atoms. The molecule has 0 spiro atoms. The number of aliphatic hydroxyl groups is 1. The van der Waals surface area contributed by atoms with Crippen LogP contribution in [0.3, 0.4) is 0 Å². The number of fused-ring (bicyclic) bond motifs is 3. The lowest BCUT2D eigenvalue weighted by Gasteiger charge is -2.30. The predicted octanol–water partition coefficient (Wildman–Crippen LogP) is 1.78. The van der Waals surface area contributed by atoms with Crippen molar-refractivity contribution in [1.29, 1.82) is 0 Å². The number of allylic oxidation sites excluding steroid dienone is 1. The Hall–Kier alpha value is -1.92. The maximum absolute atomic E-state index is 13.0. The number of amides is 1. The molecular weight excluding hydrogens is 354 g/mol. The van der Waals surface area contributed by atoms with Crippen LogP contribution in [0.1, 0.15) is 50.4 Å².